The molecule has 2 unspecified atom stereocenters. The predicted octanol–water partition coefficient (Wildman–Crippen LogP) is 4.08. The van der Waals surface area contributed by atoms with E-state index in [9.17, 15) is 14.3 Å². The molecule has 1 aromatic heterocycles. The number of nitrogens with one attached hydrogen (secondary N) is 1. The minimum absolute atomic E-state index is 0.132. The molecule has 3 heterocycles. The third kappa shape index (κ3) is 5.01. The molecule has 0 bridgehead atoms. The molecule has 32 heavy (non-hydrogen) atoms. The zero-order valence-electron chi connectivity index (χ0n) is 16.7. The number of carboxylic acid groups (broad SMARTS) is 1. The molecule has 2 N–H and O–H groups in total. The average molecular weight is 586 g/mol. The molecule has 168 valence electrons. The van der Waals surface area contributed by atoms with E-state index < -0.39 is 18.1 Å². The van der Waals surface area contributed by atoms with Crippen LogP contribution >= 0.6 is 43.2 Å². The molecular formula is C21H19Br2FN4O3S. The van der Waals surface area contributed by atoms with Gasteiger partial charge < -0.3 is 15.2 Å². The molecule has 2 aromatic rings. The number of benzene rings is 1. The Balaban J connectivity index is 1.79. The lowest BCUT2D eigenvalue weighted by Gasteiger charge is -2.35. The molecule has 0 aliphatic carbocycles. The molecule has 0 saturated carbocycles. The lowest BCUT2D eigenvalue weighted by atomic mass is 9.95. The average Bonchev–Trinajstić information content (AvgIpc) is 3.30. The highest BCUT2D eigenvalue weighted by atomic mass is 79.9. The number of hydrogen-bond donors (Lipinski definition) is 2. The predicted molar refractivity (Wildman–Crippen MR) is 128 cm³/mol. The minimum Gasteiger partial charge on any atom is -0.480 e. The summed E-state index contributed by atoms with van der Waals surface area (Å²) in [6.45, 7) is 1.43. The standard InChI is InChI=1S/C21H19Br2FN4O3S/c22-4-3-14-16(10-28-6-7-31-11-17(28)21(29)30)26-19(20-25-5-8-32-20)27-18(14)13-2-1-12(24)9-15(13)23/h1-5,8-9,17-18H,6-7,10-11H2,(H,26,27)(H,29,30)/b4-3+. The zero-order chi connectivity index (χ0) is 22.7. The molecule has 0 spiro atoms. The fourth-order valence-corrected chi connectivity index (χ4v) is 5.11. The first-order valence-corrected chi connectivity index (χ1v) is 12.3. The van der Waals surface area contributed by atoms with Gasteiger partial charge in [0, 0.05) is 40.4 Å². The summed E-state index contributed by atoms with van der Waals surface area (Å²) in [7, 11) is 0. The second-order valence-electron chi connectivity index (χ2n) is 7.13. The van der Waals surface area contributed by atoms with E-state index in [1.54, 1.807) is 17.2 Å². The van der Waals surface area contributed by atoms with E-state index in [4.69, 9.17) is 9.73 Å². The van der Waals surface area contributed by atoms with Gasteiger partial charge in [-0.25, -0.2) is 9.37 Å². The Bertz CT molecular complexity index is 1090. The molecule has 1 saturated heterocycles. The summed E-state index contributed by atoms with van der Waals surface area (Å²) >= 11 is 8.28. The second kappa shape index (κ2) is 10.3. The second-order valence-corrected chi connectivity index (χ2v) is 9.41. The fourth-order valence-electron chi connectivity index (χ4n) is 3.67. The monoisotopic (exact) mass is 584 g/mol. The Morgan fingerprint density at radius 2 is 2.31 bits per heavy atom. The van der Waals surface area contributed by atoms with Gasteiger partial charge in [0.2, 0.25) is 0 Å². The largest absolute Gasteiger partial charge is 0.480 e. The van der Waals surface area contributed by atoms with E-state index in [0.29, 0.717) is 35.0 Å². The van der Waals surface area contributed by atoms with Crippen molar-refractivity contribution in [1.82, 2.24) is 15.2 Å². The number of thiazole rings is 1. The maximum Gasteiger partial charge on any atom is 0.323 e. The number of amidine groups is 1. The number of aliphatic carboxylic acids is 1. The van der Waals surface area contributed by atoms with Crippen molar-refractivity contribution in [1.29, 1.82) is 0 Å². The maximum absolute atomic E-state index is 13.8. The Morgan fingerprint density at radius 1 is 1.47 bits per heavy atom. The summed E-state index contributed by atoms with van der Waals surface area (Å²) in [5.41, 5.74) is 2.43. The Kier molecular flexibility index (Phi) is 7.51. The highest BCUT2D eigenvalue weighted by Crippen LogP contribution is 2.37. The first-order valence-electron chi connectivity index (χ1n) is 9.72. The number of halogens is 3. The molecular weight excluding hydrogens is 567 g/mol. The number of carboxylic acids is 1. The zero-order valence-corrected chi connectivity index (χ0v) is 20.7. The van der Waals surface area contributed by atoms with Gasteiger partial charge in [0.25, 0.3) is 0 Å². The Hall–Kier alpha value is -1.92. The van der Waals surface area contributed by atoms with Crippen LogP contribution in [0.25, 0.3) is 0 Å². The third-order valence-electron chi connectivity index (χ3n) is 5.19. The van der Waals surface area contributed by atoms with Gasteiger partial charge in [-0.2, -0.15) is 0 Å². The highest BCUT2D eigenvalue weighted by molar-refractivity contribution is 9.11. The van der Waals surface area contributed by atoms with Gasteiger partial charge in [-0.1, -0.05) is 37.9 Å². The lowest BCUT2D eigenvalue weighted by molar-refractivity contribution is -0.149. The highest BCUT2D eigenvalue weighted by Gasteiger charge is 2.33. The van der Waals surface area contributed by atoms with Crippen LogP contribution in [-0.4, -0.2) is 59.1 Å². The van der Waals surface area contributed by atoms with Crippen LogP contribution < -0.4 is 5.32 Å². The van der Waals surface area contributed by atoms with Crippen molar-refractivity contribution >= 4 is 55.0 Å². The lowest BCUT2D eigenvalue weighted by Crippen LogP contribution is -2.52. The number of aliphatic imine (C=N–C) groups is 1. The van der Waals surface area contributed by atoms with E-state index in [1.165, 1.54) is 23.5 Å². The van der Waals surface area contributed by atoms with E-state index in [-0.39, 0.29) is 12.4 Å². The first kappa shape index (κ1) is 23.2. The minimum atomic E-state index is -0.926. The molecule has 1 fully saturated rings. The van der Waals surface area contributed by atoms with Gasteiger partial charge in [-0.15, -0.1) is 11.3 Å². The molecule has 4 rings (SSSR count). The SMILES string of the molecule is O=C(O)C1COCCN1CC1=C(/C=C/Br)C(c2ccc(F)cc2Br)N=C(c2nccs2)N1. The van der Waals surface area contributed by atoms with Gasteiger partial charge in [0.1, 0.15) is 17.9 Å². The Morgan fingerprint density at radius 3 is 3.00 bits per heavy atom. The van der Waals surface area contributed by atoms with Crippen LogP contribution in [0.4, 0.5) is 4.39 Å². The molecule has 0 amide bonds. The van der Waals surface area contributed by atoms with Crippen molar-refractivity contribution in [2.75, 3.05) is 26.3 Å². The van der Waals surface area contributed by atoms with Crippen LogP contribution in [0.3, 0.4) is 0 Å². The van der Waals surface area contributed by atoms with Crippen molar-refractivity contribution in [2.24, 2.45) is 4.99 Å². The molecule has 7 nitrogen and oxygen atoms in total. The number of nitrogens with zero attached hydrogens (tertiary/aromatic N) is 3. The van der Waals surface area contributed by atoms with Gasteiger partial charge in [0.15, 0.2) is 10.8 Å². The molecule has 11 heteroatoms. The Labute approximate surface area is 205 Å². The fraction of sp³-hybridized carbons (Fsp3) is 0.286. The topological polar surface area (TPSA) is 87.1 Å². The van der Waals surface area contributed by atoms with Crippen LogP contribution in [0, 0.1) is 5.82 Å². The number of rotatable bonds is 6. The summed E-state index contributed by atoms with van der Waals surface area (Å²) in [5, 5.41) is 15.6. The maximum atomic E-state index is 13.8. The molecule has 2 aliphatic rings. The third-order valence-corrected chi connectivity index (χ3v) is 6.92. The van der Waals surface area contributed by atoms with E-state index in [0.717, 1.165) is 16.8 Å². The first-order chi connectivity index (χ1) is 15.5. The van der Waals surface area contributed by atoms with Crippen molar-refractivity contribution in [3.8, 4) is 0 Å². The van der Waals surface area contributed by atoms with Crippen LogP contribution in [0.1, 0.15) is 16.6 Å². The smallest absolute Gasteiger partial charge is 0.323 e. The summed E-state index contributed by atoms with van der Waals surface area (Å²) in [6.07, 6.45) is 3.58. The summed E-state index contributed by atoms with van der Waals surface area (Å²) in [4.78, 5) is 24.6. The number of carbonyl (C=O) groups is 1. The summed E-state index contributed by atoms with van der Waals surface area (Å²) in [6, 6.07) is 3.32. The number of morpholine rings is 1. The van der Waals surface area contributed by atoms with E-state index >= 15 is 0 Å². The van der Waals surface area contributed by atoms with E-state index in [1.807, 2.05) is 16.4 Å². The van der Waals surface area contributed by atoms with Gasteiger partial charge in [0.05, 0.1) is 13.2 Å². The van der Waals surface area contributed by atoms with Crippen molar-refractivity contribution in [3.63, 3.8) is 0 Å². The summed E-state index contributed by atoms with van der Waals surface area (Å²) < 4.78 is 19.7. The van der Waals surface area contributed by atoms with Crippen LogP contribution in [0.15, 0.2) is 61.6 Å². The number of aromatic nitrogens is 1. The molecule has 1 aromatic carbocycles. The van der Waals surface area contributed by atoms with Crippen LogP contribution in [-0.2, 0) is 9.53 Å². The normalized spacial score (nSPS) is 22.2. The summed E-state index contributed by atoms with van der Waals surface area (Å²) in [5.74, 6) is -0.688. The molecule has 2 aliphatic heterocycles. The molecule has 2 atom stereocenters. The molecule has 0 radical (unpaired) electrons. The van der Waals surface area contributed by atoms with Gasteiger partial charge in [-0.3, -0.25) is 14.7 Å². The number of hydrogen-bond acceptors (Lipinski definition) is 7. The van der Waals surface area contributed by atoms with Crippen LogP contribution in [0.5, 0.6) is 0 Å². The van der Waals surface area contributed by atoms with Crippen molar-refractivity contribution in [2.45, 2.75) is 12.1 Å². The van der Waals surface area contributed by atoms with Crippen molar-refractivity contribution < 1.29 is 19.0 Å². The van der Waals surface area contributed by atoms with Crippen LogP contribution in [0.2, 0.25) is 0 Å². The van der Waals surface area contributed by atoms with Gasteiger partial charge in [-0.05, 0) is 28.8 Å². The van der Waals surface area contributed by atoms with Gasteiger partial charge >= 0.3 is 5.97 Å². The quantitative estimate of drug-likeness (QED) is 0.531. The number of ether oxygens (including phenoxy) is 1. The van der Waals surface area contributed by atoms with Crippen molar-refractivity contribution in [3.05, 3.63) is 73.0 Å². The van der Waals surface area contributed by atoms with E-state index in [2.05, 4.69) is 42.2 Å².